The van der Waals surface area contributed by atoms with Crippen molar-refractivity contribution in [2.45, 2.75) is 64.4 Å². The Bertz CT molecular complexity index is 680. The van der Waals surface area contributed by atoms with Crippen LogP contribution in [-0.2, 0) is 4.79 Å². The van der Waals surface area contributed by atoms with Gasteiger partial charge >= 0.3 is 0 Å². The van der Waals surface area contributed by atoms with Crippen LogP contribution in [0.5, 0.6) is 5.75 Å². The Hall–Kier alpha value is -1.30. The van der Waals surface area contributed by atoms with Gasteiger partial charge in [0.25, 0.3) is 0 Å². The Morgan fingerprint density at radius 2 is 1.69 bits per heavy atom. The second-order valence-electron chi connectivity index (χ2n) is 8.81. The average Bonchev–Trinajstić information content (AvgIpc) is 3.06. The van der Waals surface area contributed by atoms with E-state index in [2.05, 4.69) is 4.90 Å². The molecule has 2 aliphatic rings. The first kappa shape index (κ1) is 22.4. The lowest BCUT2D eigenvalue weighted by Gasteiger charge is -2.28. The normalized spacial score (nSPS) is 24.1. The third-order valence-corrected chi connectivity index (χ3v) is 6.84. The van der Waals surface area contributed by atoms with Crippen molar-refractivity contribution in [2.24, 2.45) is 0 Å². The molecule has 1 aromatic rings. The first-order valence-electron chi connectivity index (χ1n) is 11.0. The van der Waals surface area contributed by atoms with Gasteiger partial charge in [0, 0.05) is 24.7 Å². The molecule has 2 aliphatic heterocycles. The fraction of sp³-hybridized carbons (Fsp3) is 0.696. The first-order chi connectivity index (χ1) is 13.9. The molecule has 1 N–H and O–H groups in total. The van der Waals surface area contributed by atoms with E-state index in [1.165, 1.54) is 12.8 Å². The number of benzene rings is 1. The molecule has 0 saturated carbocycles. The Kier molecular flexibility index (Phi) is 7.83. The Morgan fingerprint density at radius 1 is 1.03 bits per heavy atom. The number of likely N-dealkylation sites (tertiary alicyclic amines) is 2. The van der Waals surface area contributed by atoms with Crippen LogP contribution in [0.2, 0.25) is 5.02 Å². The van der Waals surface area contributed by atoms with Gasteiger partial charge in [-0.3, -0.25) is 9.69 Å². The number of aryl methyl sites for hydroxylation is 2. The molecule has 29 heavy (non-hydrogen) atoms. The molecule has 0 aromatic heterocycles. The molecule has 2 heterocycles. The lowest BCUT2D eigenvalue weighted by atomic mass is 9.96. The van der Waals surface area contributed by atoms with Crippen LogP contribution in [0.3, 0.4) is 0 Å². The zero-order valence-electron chi connectivity index (χ0n) is 17.9. The van der Waals surface area contributed by atoms with Crippen molar-refractivity contribution < 1.29 is 14.6 Å². The highest BCUT2D eigenvalue weighted by Crippen LogP contribution is 2.28. The summed E-state index contributed by atoms with van der Waals surface area (Å²) in [6.45, 7) is 8.01. The topological polar surface area (TPSA) is 53.0 Å². The van der Waals surface area contributed by atoms with E-state index in [9.17, 15) is 9.90 Å². The number of aliphatic hydroxyl groups is 1. The molecular weight excluding hydrogens is 388 g/mol. The molecule has 2 fully saturated rings. The average molecular weight is 423 g/mol. The second kappa shape index (κ2) is 10.1. The fourth-order valence-electron chi connectivity index (χ4n) is 4.36. The summed E-state index contributed by atoms with van der Waals surface area (Å²) in [7, 11) is 0. The quantitative estimate of drug-likeness (QED) is 0.780. The van der Waals surface area contributed by atoms with Gasteiger partial charge < -0.3 is 14.7 Å². The zero-order valence-corrected chi connectivity index (χ0v) is 18.6. The second-order valence-corrected chi connectivity index (χ2v) is 9.19. The third-order valence-electron chi connectivity index (χ3n) is 6.24. The van der Waals surface area contributed by atoms with Crippen LogP contribution in [0, 0.1) is 13.8 Å². The summed E-state index contributed by atoms with van der Waals surface area (Å²) in [4.78, 5) is 16.9. The molecule has 0 aliphatic carbocycles. The summed E-state index contributed by atoms with van der Waals surface area (Å²) < 4.78 is 5.94. The third kappa shape index (κ3) is 6.34. The molecule has 0 bridgehead atoms. The van der Waals surface area contributed by atoms with Gasteiger partial charge in [-0.25, -0.2) is 0 Å². The maximum atomic E-state index is 12.7. The highest BCUT2D eigenvalue weighted by Gasteiger charge is 2.32. The molecule has 1 unspecified atom stereocenters. The molecular formula is C23H35ClN2O3. The van der Waals surface area contributed by atoms with Crippen LogP contribution < -0.4 is 4.74 Å². The maximum Gasteiger partial charge on any atom is 0.236 e. The molecule has 1 aromatic carbocycles. The molecule has 5 nitrogen and oxygen atoms in total. The molecule has 162 valence electrons. The first-order valence-corrected chi connectivity index (χ1v) is 11.4. The van der Waals surface area contributed by atoms with E-state index in [4.69, 9.17) is 16.3 Å². The van der Waals surface area contributed by atoms with E-state index in [-0.39, 0.29) is 12.5 Å². The summed E-state index contributed by atoms with van der Waals surface area (Å²) in [5, 5.41) is 11.8. The predicted molar refractivity (Wildman–Crippen MR) is 117 cm³/mol. The lowest BCUT2D eigenvalue weighted by molar-refractivity contribution is -0.132. The van der Waals surface area contributed by atoms with Crippen LogP contribution in [0.4, 0.5) is 0 Å². The van der Waals surface area contributed by atoms with Gasteiger partial charge in [0.15, 0.2) is 0 Å². The van der Waals surface area contributed by atoms with Crippen LogP contribution in [0.1, 0.15) is 56.1 Å². The number of amides is 1. The molecule has 3 rings (SSSR count). The van der Waals surface area contributed by atoms with Crippen molar-refractivity contribution in [3.05, 3.63) is 28.3 Å². The number of halogens is 1. The summed E-state index contributed by atoms with van der Waals surface area (Å²) in [5.74, 6) is 0.982. The SMILES string of the molecule is Cc1cc(OCC2(O)CCCN(CC(=O)N3CCCCCC3)CC2)cc(C)c1Cl. The Balaban J connectivity index is 1.51. The molecule has 0 radical (unpaired) electrons. The van der Waals surface area contributed by atoms with Gasteiger partial charge in [-0.05, 0) is 75.8 Å². The number of ether oxygens (including phenoxy) is 1. The van der Waals surface area contributed by atoms with Crippen molar-refractivity contribution in [1.82, 2.24) is 9.80 Å². The zero-order chi connectivity index (χ0) is 20.9. The van der Waals surface area contributed by atoms with E-state index in [0.29, 0.717) is 19.4 Å². The number of rotatable bonds is 5. The van der Waals surface area contributed by atoms with Crippen molar-refractivity contribution >= 4 is 17.5 Å². The monoisotopic (exact) mass is 422 g/mol. The lowest BCUT2D eigenvalue weighted by Crippen LogP contribution is -2.42. The standard InChI is InChI=1S/C23H35ClN2O3/c1-18-14-20(15-19(2)22(18)24)29-17-23(28)8-7-10-25(13-9-23)16-21(27)26-11-5-3-4-6-12-26/h14-15,28H,3-13,16-17H2,1-2H3. The van der Waals surface area contributed by atoms with Gasteiger partial charge in [0.05, 0.1) is 12.1 Å². The number of nitrogens with zero attached hydrogens (tertiary/aromatic N) is 2. The van der Waals surface area contributed by atoms with Gasteiger partial charge in [0.2, 0.25) is 5.91 Å². The highest BCUT2D eigenvalue weighted by molar-refractivity contribution is 6.32. The molecule has 1 atom stereocenters. The maximum absolute atomic E-state index is 12.7. The van der Waals surface area contributed by atoms with Gasteiger partial charge in [-0.2, -0.15) is 0 Å². The van der Waals surface area contributed by atoms with Crippen LogP contribution in [-0.4, -0.2) is 65.7 Å². The van der Waals surface area contributed by atoms with E-state index in [1.54, 1.807) is 0 Å². The summed E-state index contributed by atoms with van der Waals surface area (Å²) in [6, 6.07) is 3.84. The fourth-order valence-corrected chi connectivity index (χ4v) is 4.46. The predicted octanol–water partition coefficient (Wildman–Crippen LogP) is 3.96. The van der Waals surface area contributed by atoms with Gasteiger partial charge in [-0.15, -0.1) is 0 Å². The Labute approximate surface area is 180 Å². The number of hydrogen-bond acceptors (Lipinski definition) is 4. The highest BCUT2D eigenvalue weighted by atomic mass is 35.5. The van der Waals surface area contributed by atoms with Crippen molar-refractivity contribution in [2.75, 3.05) is 39.3 Å². The minimum absolute atomic E-state index is 0.237. The molecule has 1 amide bonds. The van der Waals surface area contributed by atoms with Gasteiger partial charge in [-0.1, -0.05) is 24.4 Å². The van der Waals surface area contributed by atoms with Crippen molar-refractivity contribution in [3.63, 3.8) is 0 Å². The number of carbonyl (C=O) groups is 1. The van der Waals surface area contributed by atoms with Gasteiger partial charge in [0.1, 0.15) is 12.4 Å². The summed E-state index contributed by atoms with van der Waals surface area (Å²) in [6.07, 6.45) is 6.87. The van der Waals surface area contributed by atoms with E-state index < -0.39 is 5.60 Å². The number of hydrogen-bond donors (Lipinski definition) is 1. The summed E-state index contributed by atoms with van der Waals surface area (Å²) in [5.41, 5.74) is 1.10. The van der Waals surface area contributed by atoms with E-state index >= 15 is 0 Å². The molecule has 0 spiro atoms. The van der Waals surface area contributed by atoms with Crippen LogP contribution in [0.15, 0.2) is 12.1 Å². The van der Waals surface area contributed by atoms with Crippen LogP contribution in [0.25, 0.3) is 0 Å². The van der Waals surface area contributed by atoms with E-state index in [1.807, 2.05) is 30.9 Å². The molecule has 6 heteroatoms. The Morgan fingerprint density at radius 3 is 2.34 bits per heavy atom. The largest absolute Gasteiger partial charge is 0.491 e. The molecule has 2 saturated heterocycles. The van der Waals surface area contributed by atoms with Crippen molar-refractivity contribution in [3.8, 4) is 5.75 Å². The van der Waals surface area contributed by atoms with Crippen LogP contribution >= 0.6 is 11.6 Å². The smallest absolute Gasteiger partial charge is 0.236 e. The summed E-state index contributed by atoms with van der Waals surface area (Å²) >= 11 is 6.23. The minimum Gasteiger partial charge on any atom is -0.491 e. The minimum atomic E-state index is -0.859. The number of carbonyl (C=O) groups excluding carboxylic acids is 1. The van der Waals surface area contributed by atoms with Crippen molar-refractivity contribution in [1.29, 1.82) is 0 Å². The van der Waals surface area contributed by atoms with E-state index in [0.717, 1.165) is 67.3 Å².